The number of rotatable bonds is 6. The Labute approximate surface area is 141 Å². The Bertz CT molecular complexity index is 904. The van der Waals surface area contributed by atoms with Gasteiger partial charge in [0.15, 0.2) is 0 Å². The quantitative estimate of drug-likeness (QED) is 0.829. The Hall–Kier alpha value is -2.48. The second-order valence-electron chi connectivity index (χ2n) is 5.38. The first-order valence-corrected chi connectivity index (χ1v) is 9.25. The first-order valence-electron chi connectivity index (χ1n) is 7.36. The molecule has 0 spiro atoms. The normalized spacial score (nSPS) is 11.2. The summed E-state index contributed by atoms with van der Waals surface area (Å²) in [4.78, 5) is 12.1. The van der Waals surface area contributed by atoms with E-state index < -0.39 is 10.0 Å². The highest BCUT2D eigenvalue weighted by Crippen LogP contribution is 2.31. The molecule has 2 aromatic rings. The van der Waals surface area contributed by atoms with Crippen molar-refractivity contribution in [2.24, 2.45) is 7.05 Å². The number of methoxy groups -OCH3 is 1. The lowest BCUT2D eigenvalue weighted by Crippen LogP contribution is -2.20. The molecule has 1 heterocycles. The summed E-state index contributed by atoms with van der Waals surface area (Å²) in [6, 6.07) is 6.91. The Morgan fingerprint density at radius 2 is 1.83 bits per heavy atom. The Kier molecular flexibility index (Phi) is 5.18. The van der Waals surface area contributed by atoms with Crippen LogP contribution in [-0.4, -0.2) is 32.9 Å². The molecule has 2 rings (SSSR count). The van der Waals surface area contributed by atoms with E-state index in [2.05, 4.69) is 10.0 Å². The molecule has 8 heteroatoms. The van der Waals surface area contributed by atoms with Crippen molar-refractivity contribution in [3.8, 4) is 16.9 Å². The minimum absolute atomic E-state index is 0.122. The molecule has 1 aromatic heterocycles. The van der Waals surface area contributed by atoms with E-state index in [1.807, 2.05) is 13.0 Å². The highest BCUT2D eigenvalue weighted by molar-refractivity contribution is 7.92. The van der Waals surface area contributed by atoms with Gasteiger partial charge in [-0.05, 0) is 30.7 Å². The average Bonchev–Trinajstić information content (AvgIpc) is 2.50. The Morgan fingerprint density at radius 3 is 2.42 bits per heavy atom. The molecule has 0 radical (unpaired) electrons. The number of nitrogens with zero attached hydrogens (tertiary/aromatic N) is 1. The molecule has 2 N–H and O–H groups in total. The van der Waals surface area contributed by atoms with Crippen LogP contribution in [0.5, 0.6) is 5.75 Å². The maximum absolute atomic E-state index is 12.1. The fourth-order valence-electron chi connectivity index (χ4n) is 2.35. The van der Waals surface area contributed by atoms with Crippen LogP contribution in [0, 0.1) is 0 Å². The van der Waals surface area contributed by atoms with E-state index in [0.717, 1.165) is 17.4 Å². The van der Waals surface area contributed by atoms with E-state index in [1.54, 1.807) is 31.4 Å². The first-order chi connectivity index (χ1) is 11.2. The van der Waals surface area contributed by atoms with Crippen molar-refractivity contribution in [2.45, 2.75) is 6.92 Å². The van der Waals surface area contributed by atoms with Crippen LogP contribution >= 0.6 is 0 Å². The van der Waals surface area contributed by atoms with Crippen molar-refractivity contribution < 1.29 is 13.2 Å². The van der Waals surface area contributed by atoms with Gasteiger partial charge in [-0.15, -0.1) is 0 Å². The van der Waals surface area contributed by atoms with E-state index in [4.69, 9.17) is 4.74 Å². The predicted molar refractivity (Wildman–Crippen MR) is 96.3 cm³/mol. The molecule has 0 saturated heterocycles. The second kappa shape index (κ2) is 6.96. The summed E-state index contributed by atoms with van der Waals surface area (Å²) in [5.41, 5.74) is 2.26. The zero-order valence-corrected chi connectivity index (χ0v) is 14.9. The summed E-state index contributed by atoms with van der Waals surface area (Å²) in [7, 11) is -0.295. The SMILES string of the molecule is CCNc1cc(-c2ccc(OC)c(NS(C)(=O)=O)c2)cn(C)c1=O. The van der Waals surface area contributed by atoms with Crippen molar-refractivity contribution in [3.05, 3.63) is 40.8 Å². The molecule has 0 unspecified atom stereocenters. The van der Waals surface area contributed by atoms with E-state index in [0.29, 0.717) is 23.7 Å². The lowest BCUT2D eigenvalue weighted by molar-refractivity contribution is 0.417. The highest BCUT2D eigenvalue weighted by Gasteiger charge is 2.12. The minimum atomic E-state index is -3.44. The van der Waals surface area contributed by atoms with Crippen LogP contribution in [0.2, 0.25) is 0 Å². The van der Waals surface area contributed by atoms with Crippen LogP contribution in [0.3, 0.4) is 0 Å². The number of ether oxygens (including phenoxy) is 1. The van der Waals surface area contributed by atoms with Gasteiger partial charge in [0.25, 0.3) is 5.56 Å². The van der Waals surface area contributed by atoms with E-state index in [-0.39, 0.29) is 5.56 Å². The van der Waals surface area contributed by atoms with Gasteiger partial charge in [-0.3, -0.25) is 9.52 Å². The zero-order valence-electron chi connectivity index (χ0n) is 14.1. The molecule has 0 aliphatic rings. The molecule has 0 saturated carbocycles. The van der Waals surface area contributed by atoms with E-state index in [9.17, 15) is 13.2 Å². The maximum atomic E-state index is 12.1. The van der Waals surface area contributed by atoms with Crippen molar-refractivity contribution in [1.82, 2.24) is 4.57 Å². The number of nitrogens with one attached hydrogen (secondary N) is 2. The monoisotopic (exact) mass is 351 g/mol. The highest BCUT2D eigenvalue weighted by atomic mass is 32.2. The van der Waals surface area contributed by atoms with Gasteiger partial charge in [-0.25, -0.2) is 8.42 Å². The van der Waals surface area contributed by atoms with Gasteiger partial charge in [0, 0.05) is 25.4 Å². The number of hydrogen-bond acceptors (Lipinski definition) is 5. The number of benzene rings is 1. The lowest BCUT2D eigenvalue weighted by Gasteiger charge is -2.13. The standard InChI is InChI=1S/C16H21N3O4S/c1-5-17-14-9-12(10-19(2)16(14)20)11-6-7-15(23-3)13(8-11)18-24(4,21)22/h6-10,17-18H,5H2,1-4H3. The first kappa shape index (κ1) is 17.9. The summed E-state index contributed by atoms with van der Waals surface area (Å²) in [5, 5.41) is 3.03. The Balaban J connectivity index is 2.57. The molecule has 0 aliphatic heterocycles. The topological polar surface area (TPSA) is 89.4 Å². The number of aromatic nitrogens is 1. The van der Waals surface area contributed by atoms with Crippen LogP contribution in [0.25, 0.3) is 11.1 Å². The van der Waals surface area contributed by atoms with Crippen LogP contribution in [0.1, 0.15) is 6.92 Å². The molecule has 0 bridgehead atoms. The maximum Gasteiger partial charge on any atom is 0.273 e. The van der Waals surface area contributed by atoms with Crippen LogP contribution < -0.4 is 20.3 Å². The molecule has 0 amide bonds. The third-order valence-electron chi connectivity index (χ3n) is 3.38. The minimum Gasteiger partial charge on any atom is -0.495 e. The number of aryl methyl sites for hydroxylation is 1. The molecule has 0 aliphatic carbocycles. The predicted octanol–water partition coefficient (Wildman–Crippen LogP) is 1.86. The summed E-state index contributed by atoms with van der Waals surface area (Å²) < 4.78 is 32.2. The van der Waals surface area contributed by atoms with E-state index in [1.165, 1.54) is 11.7 Å². The van der Waals surface area contributed by atoms with Gasteiger partial charge in [0.1, 0.15) is 11.4 Å². The smallest absolute Gasteiger partial charge is 0.273 e. The summed E-state index contributed by atoms with van der Waals surface area (Å²) >= 11 is 0. The Morgan fingerprint density at radius 1 is 1.17 bits per heavy atom. The molecule has 24 heavy (non-hydrogen) atoms. The van der Waals surface area contributed by atoms with Crippen molar-refractivity contribution in [2.75, 3.05) is 29.9 Å². The summed E-state index contributed by atoms with van der Waals surface area (Å²) in [5.74, 6) is 0.418. The number of sulfonamides is 1. The summed E-state index contributed by atoms with van der Waals surface area (Å²) in [6.07, 6.45) is 2.78. The lowest BCUT2D eigenvalue weighted by atomic mass is 10.1. The fourth-order valence-corrected chi connectivity index (χ4v) is 2.91. The van der Waals surface area contributed by atoms with Crippen molar-refractivity contribution >= 4 is 21.4 Å². The number of anilines is 2. The molecule has 1 aromatic carbocycles. The van der Waals surface area contributed by atoms with Crippen molar-refractivity contribution in [3.63, 3.8) is 0 Å². The van der Waals surface area contributed by atoms with Gasteiger partial charge in [0.05, 0.1) is 19.1 Å². The van der Waals surface area contributed by atoms with Gasteiger partial charge in [0.2, 0.25) is 10.0 Å². The second-order valence-corrected chi connectivity index (χ2v) is 7.13. The third-order valence-corrected chi connectivity index (χ3v) is 3.97. The largest absolute Gasteiger partial charge is 0.495 e. The molecule has 130 valence electrons. The van der Waals surface area contributed by atoms with Crippen molar-refractivity contribution in [1.29, 1.82) is 0 Å². The molecular weight excluding hydrogens is 330 g/mol. The van der Waals surface area contributed by atoms with Gasteiger partial charge >= 0.3 is 0 Å². The fraction of sp³-hybridized carbons (Fsp3) is 0.312. The summed E-state index contributed by atoms with van der Waals surface area (Å²) in [6.45, 7) is 2.54. The van der Waals surface area contributed by atoms with E-state index >= 15 is 0 Å². The van der Waals surface area contributed by atoms with Crippen LogP contribution in [-0.2, 0) is 17.1 Å². The molecule has 0 atom stereocenters. The van der Waals surface area contributed by atoms with Gasteiger partial charge in [-0.2, -0.15) is 0 Å². The number of hydrogen-bond donors (Lipinski definition) is 2. The van der Waals surface area contributed by atoms with Gasteiger partial charge < -0.3 is 14.6 Å². The van der Waals surface area contributed by atoms with Crippen LogP contribution in [0.15, 0.2) is 35.3 Å². The molecule has 7 nitrogen and oxygen atoms in total. The zero-order chi connectivity index (χ0) is 17.9. The van der Waals surface area contributed by atoms with Crippen LogP contribution in [0.4, 0.5) is 11.4 Å². The van der Waals surface area contributed by atoms with Gasteiger partial charge in [-0.1, -0.05) is 6.07 Å². The third kappa shape index (κ3) is 4.08. The molecule has 0 fully saturated rings. The molecular formula is C16H21N3O4S. The number of pyridine rings is 1. The average molecular weight is 351 g/mol.